The Morgan fingerprint density at radius 1 is 1.22 bits per heavy atom. The topological polar surface area (TPSA) is 50.4 Å². The number of amides is 1. The maximum Gasteiger partial charge on any atom is 0.261 e. The number of rotatable bonds is 4. The van der Waals surface area contributed by atoms with Crippen molar-refractivity contribution in [2.45, 2.75) is 6.92 Å². The minimum absolute atomic E-state index is 0.130. The lowest BCUT2D eigenvalue weighted by molar-refractivity contribution is 0.0974. The van der Waals surface area contributed by atoms with E-state index in [9.17, 15) is 4.79 Å². The van der Waals surface area contributed by atoms with Crippen molar-refractivity contribution in [2.75, 3.05) is 11.9 Å². The van der Waals surface area contributed by atoms with Crippen molar-refractivity contribution in [2.24, 2.45) is 0 Å². The van der Waals surface area contributed by atoms with E-state index < -0.39 is 0 Å². The first-order valence-electron chi connectivity index (χ1n) is 6.80. The molecule has 7 heteroatoms. The van der Waals surface area contributed by atoms with E-state index in [1.165, 1.54) is 0 Å². The van der Waals surface area contributed by atoms with Gasteiger partial charge < -0.3 is 10.1 Å². The number of hydrogen-bond acceptors (Lipinski definition) is 3. The van der Waals surface area contributed by atoms with E-state index in [0.29, 0.717) is 33.7 Å². The van der Waals surface area contributed by atoms with E-state index in [1.54, 1.807) is 42.5 Å². The molecule has 0 fully saturated rings. The highest BCUT2D eigenvalue weighted by molar-refractivity contribution is 7.80. The van der Waals surface area contributed by atoms with Crippen LogP contribution in [0.4, 0.5) is 5.69 Å². The van der Waals surface area contributed by atoms with Gasteiger partial charge in [0.25, 0.3) is 5.91 Å². The minimum Gasteiger partial charge on any atom is -0.493 e. The molecule has 1 amide bonds. The standard InChI is InChI=1S/C16H14Cl2N2O2S/c1-2-22-14-6-4-3-5-11(14)15(21)20-16(23)19-13-8-7-10(17)9-12(13)18/h3-9H,2H2,1H3,(H2,19,20,21,23). The second kappa shape index (κ2) is 8.15. The molecule has 0 aliphatic rings. The normalized spacial score (nSPS) is 10.0. The van der Waals surface area contributed by atoms with Gasteiger partial charge in [0, 0.05) is 5.02 Å². The van der Waals surface area contributed by atoms with Crippen molar-refractivity contribution in [3.05, 3.63) is 58.1 Å². The van der Waals surface area contributed by atoms with Gasteiger partial charge in [-0.1, -0.05) is 35.3 Å². The molecule has 0 saturated heterocycles. The number of carbonyl (C=O) groups excluding carboxylic acids is 1. The predicted molar refractivity (Wildman–Crippen MR) is 97.8 cm³/mol. The van der Waals surface area contributed by atoms with Gasteiger partial charge in [0.15, 0.2) is 5.11 Å². The van der Waals surface area contributed by atoms with Gasteiger partial charge in [-0.05, 0) is 49.5 Å². The van der Waals surface area contributed by atoms with E-state index in [-0.39, 0.29) is 11.0 Å². The Hall–Kier alpha value is -1.82. The fourth-order valence-corrected chi connectivity index (χ4v) is 2.51. The van der Waals surface area contributed by atoms with E-state index in [0.717, 1.165) is 0 Å². The molecule has 0 aliphatic heterocycles. The molecule has 2 N–H and O–H groups in total. The number of anilines is 1. The number of carbonyl (C=O) groups is 1. The van der Waals surface area contributed by atoms with Gasteiger partial charge in [-0.3, -0.25) is 10.1 Å². The van der Waals surface area contributed by atoms with E-state index in [2.05, 4.69) is 10.6 Å². The number of hydrogen-bond donors (Lipinski definition) is 2. The molecule has 0 saturated carbocycles. The summed E-state index contributed by atoms with van der Waals surface area (Å²) in [7, 11) is 0. The number of para-hydroxylation sites is 1. The maximum absolute atomic E-state index is 12.3. The summed E-state index contributed by atoms with van der Waals surface area (Å²) >= 11 is 17.0. The predicted octanol–water partition coefficient (Wildman–Crippen LogP) is 4.52. The molecule has 0 unspecified atom stereocenters. The van der Waals surface area contributed by atoms with E-state index in [4.69, 9.17) is 40.2 Å². The van der Waals surface area contributed by atoms with Gasteiger partial charge in [0.05, 0.1) is 22.9 Å². The number of nitrogens with one attached hydrogen (secondary N) is 2. The lowest BCUT2D eigenvalue weighted by atomic mass is 10.2. The number of ether oxygens (including phenoxy) is 1. The van der Waals surface area contributed by atoms with Crippen LogP contribution in [-0.4, -0.2) is 17.6 Å². The van der Waals surface area contributed by atoms with Gasteiger partial charge in [-0.2, -0.15) is 0 Å². The third-order valence-electron chi connectivity index (χ3n) is 2.84. The third-order valence-corrected chi connectivity index (χ3v) is 3.59. The quantitative estimate of drug-likeness (QED) is 0.779. The molecule has 2 aromatic rings. The second-order valence-electron chi connectivity index (χ2n) is 4.46. The van der Waals surface area contributed by atoms with Crippen LogP contribution in [0.3, 0.4) is 0 Å². The molecule has 120 valence electrons. The zero-order valence-electron chi connectivity index (χ0n) is 12.2. The molecular formula is C16H14Cl2N2O2S. The molecule has 23 heavy (non-hydrogen) atoms. The van der Waals surface area contributed by atoms with Crippen LogP contribution in [0.15, 0.2) is 42.5 Å². The molecule has 2 rings (SSSR count). The van der Waals surface area contributed by atoms with Crippen molar-refractivity contribution in [1.82, 2.24) is 5.32 Å². The van der Waals surface area contributed by atoms with Crippen LogP contribution in [0.25, 0.3) is 0 Å². The van der Waals surface area contributed by atoms with Crippen molar-refractivity contribution in [3.8, 4) is 5.75 Å². The van der Waals surface area contributed by atoms with E-state index >= 15 is 0 Å². The monoisotopic (exact) mass is 368 g/mol. The third kappa shape index (κ3) is 4.82. The first-order valence-corrected chi connectivity index (χ1v) is 7.97. The van der Waals surface area contributed by atoms with Gasteiger partial charge in [0.1, 0.15) is 5.75 Å². The van der Waals surface area contributed by atoms with Crippen molar-refractivity contribution in [1.29, 1.82) is 0 Å². The first-order chi connectivity index (χ1) is 11.0. The molecule has 0 atom stereocenters. The average Bonchev–Trinajstić information content (AvgIpc) is 2.51. The number of halogens is 2. The van der Waals surface area contributed by atoms with Crippen LogP contribution in [0.1, 0.15) is 17.3 Å². The van der Waals surface area contributed by atoms with Gasteiger partial charge in [0.2, 0.25) is 0 Å². The summed E-state index contributed by atoms with van der Waals surface area (Å²) in [6, 6.07) is 11.9. The molecule has 0 heterocycles. The minimum atomic E-state index is -0.364. The highest BCUT2D eigenvalue weighted by Crippen LogP contribution is 2.25. The van der Waals surface area contributed by atoms with Crippen LogP contribution < -0.4 is 15.4 Å². The van der Waals surface area contributed by atoms with Crippen LogP contribution in [0, 0.1) is 0 Å². The molecule has 4 nitrogen and oxygen atoms in total. The Balaban J connectivity index is 2.07. The summed E-state index contributed by atoms with van der Waals surface area (Å²) in [6.07, 6.45) is 0. The Morgan fingerprint density at radius 2 is 1.96 bits per heavy atom. The summed E-state index contributed by atoms with van der Waals surface area (Å²) < 4.78 is 5.43. The van der Waals surface area contributed by atoms with Crippen LogP contribution in [0.2, 0.25) is 10.0 Å². The molecular weight excluding hydrogens is 355 g/mol. The lowest BCUT2D eigenvalue weighted by Crippen LogP contribution is -2.34. The van der Waals surface area contributed by atoms with Gasteiger partial charge >= 0.3 is 0 Å². The SMILES string of the molecule is CCOc1ccccc1C(=O)NC(=S)Nc1ccc(Cl)cc1Cl. The fraction of sp³-hybridized carbons (Fsp3) is 0.125. The maximum atomic E-state index is 12.3. The summed E-state index contributed by atoms with van der Waals surface area (Å²) in [4.78, 5) is 12.3. The highest BCUT2D eigenvalue weighted by atomic mass is 35.5. The molecule has 0 radical (unpaired) electrons. The van der Waals surface area contributed by atoms with E-state index in [1.807, 2.05) is 6.92 Å². The van der Waals surface area contributed by atoms with Gasteiger partial charge in [-0.15, -0.1) is 0 Å². The number of thiocarbonyl (C=S) groups is 1. The summed E-state index contributed by atoms with van der Waals surface area (Å²) in [5.41, 5.74) is 0.958. The Kier molecular flexibility index (Phi) is 6.21. The Bertz CT molecular complexity index is 738. The lowest BCUT2D eigenvalue weighted by Gasteiger charge is -2.13. The molecule has 0 aromatic heterocycles. The summed E-state index contributed by atoms with van der Waals surface area (Å²) in [5.74, 6) is 0.136. The van der Waals surface area contributed by atoms with Crippen LogP contribution in [-0.2, 0) is 0 Å². The zero-order chi connectivity index (χ0) is 16.8. The van der Waals surface area contributed by atoms with Gasteiger partial charge in [-0.25, -0.2) is 0 Å². The molecule has 0 aliphatic carbocycles. The second-order valence-corrected chi connectivity index (χ2v) is 5.71. The summed E-state index contributed by atoms with van der Waals surface area (Å²) in [6.45, 7) is 2.32. The zero-order valence-corrected chi connectivity index (χ0v) is 14.6. The Labute approximate surface area is 149 Å². The Morgan fingerprint density at radius 3 is 2.65 bits per heavy atom. The first kappa shape index (κ1) is 17.5. The number of benzene rings is 2. The largest absolute Gasteiger partial charge is 0.493 e. The highest BCUT2D eigenvalue weighted by Gasteiger charge is 2.13. The average molecular weight is 369 g/mol. The van der Waals surface area contributed by atoms with Crippen molar-refractivity contribution < 1.29 is 9.53 Å². The fourth-order valence-electron chi connectivity index (χ4n) is 1.85. The molecule has 2 aromatic carbocycles. The smallest absolute Gasteiger partial charge is 0.261 e. The van der Waals surface area contributed by atoms with Crippen molar-refractivity contribution in [3.63, 3.8) is 0 Å². The van der Waals surface area contributed by atoms with Crippen LogP contribution >= 0.6 is 35.4 Å². The molecule has 0 bridgehead atoms. The van der Waals surface area contributed by atoms with Crippen LogP contribution in [0.5, 0.6) is 5.75 Å². The summed E-state index contributed by atoms with van der Waals surface area (Å²) in [5, 5.41) is 6.50. The molecule has 0 spiro atoms. The van der Waals surface area contributed by atoms with Crippen molar-refractivity contribution >= 4 is 52.1 Å².